The van der Waals surface area contributed by atoms with E-state index < -0.39 is 0 Å². The average Bonchev–Trinajstić information content (AvgIpc) is 2.55. The summed E-state index contributed by atoms with van der Waals surface area (Å²) in [5, 5.41) is 2.88. The Kier molecular flexibility index (Phi) is 6.16. The van der Waals surface area contributed by atoms with Gasteiger partial charge in [0.25, 0.3) is 0 Å². The number of hydrogen-bond acceptors (Lipinski definition) is 3. The highest BCUT2D eigenvalue weighted by Crippen LogP contribution is 2.13. The van der Waals surface area contributed by atoms with E-state index in [1.165, 1.54) is 11.1 Å². The van der Waals surface area contributed by atoms with Crippen molar-refractivity contribution in [2.24, 2.45) is 0 Å². The molecule has 0 aromatic heterocycles. The Bertz CT molecular complexity index is 507. The van der Waals surface area contributed by atoms with Crippen molar-refractivity contribution in [3.63, 3.8) is 0 Å². The molecule has 1 unspecified atom stereocenters. The monoisotopic (exact) mass is 301 g/mol. The second-order valence-corrected chi connectivity index (χ2v) is 5.95. The fraction of sp³-hybridized carbons (Fsp3) is 0.500. The molecule has 0 saturated carbocycles. The maximum atomic E-state index is 12.0. The van der Waals surface area contributed by atoms with E-state index in [-0.39, 0.29) is 11.9 Å². The van der Waals surface area contributed by atoms with Crippen LogP contribution in [-0.2, 0) is 11.3 Å². The van der Waals surface area contributed by atoms with Gasteiger partial charge in [0.2, 0.25) is 5.91 Å². The summed E-state index contributed by atoms with van der Waals surface area (Å²) in [6.07, 6.45) is 1.71. The van der Waals surface area contributed by atoms with Gasteiger partial charge in [0.05, 0.1) is 6.04 Å². The first-order chi connectivity index (χ1) is 10.6. The van der Waals surface area contributed by atoms with E-state index in [0.29, 0.717) is 6.54 Å². The zero-order valence-electron chi connectivity index (χ0n) is 13.7. The summed E-state index contributed by atoms with van der Waals surface area (Å²) in [6, 6.07) is 8.48. The van der Waals surface area contributed by atoms with Gasteiger partial charge in [-0.15, -0.1) is 6.58 Å². The van der Waals surface area contributed by atoms with Gasteiger partial charge in [-0.2, -0.15) is 0 Å². The third-order valence-electron chi connectivity index (χ3n) is 4.41. The van der Waals surface area contributed by atoms with Crippen molar-refractivity contribution in [2.75, 3.05) is 32.7 Å². The van der Waals surface area contributed by atoms with Gasteiger partial charge < -0.3 is 5.32 Å². The van der Waals surface area contributed by atoms with Crippen LogP contribution in [0, 0.1) is 6.92 Å². The Morgan fingerprint density at radius 3 is 2.64 bits per heavy atom. The van der Waals surface area contributed by atoms with Crippen molar-refractivity contribution in [2.45, 2.75) is 26.4 Å². The maximum absolute atomic E-state index is 12.0. The zero-order valence-corrected chi connectivity index (χ0v) is 13.7. The van der Waals surface area contributed by atoms with E-state index in [0.717, 1.165) is 32.7 Å². The quantitative estimate of drug-likeness (QED) is 0.814. The lowest BCUT2D eigenvalue weighted by molar-refractivity contribution is -0.126. The number of benzene rings is 1. The molecule has 1 amide bonds. The zero-order chi connectivity index (χ0) is 15.9. The minimum Gasteiger partial charge on any atom is -0.351 e. The molecule has 4 heteroatoms. The first-order valence-corrected chi connectivity index (χ1v) is 8.01. The van der Waals surface area contributed by atoms with Crippen molar-refractivity contribution in [1.29, 1.82) is 0 Å². The van der Waals surface area contributed by atoms with Crippen LogP contribution in [-0.4, -0.2) is 54.5 Å². The van der Waals surface area contributed by atoms with Gasteiger partial charge in [-0.25, -0.2) is 0 Å². The first-order valence-electron chi connectivity index (χ1n) is 8.01. The lowest BCUT2D eigenvalue weighted by atomic mass is 10.1. The van der Waals surface area contributed by atoms with Crippen molar-refractivity contribution in [3.8, 4) is 0 Å². The summed E-state index contributed by atoms with van der Waals surface area (Å²) >= 11 is 0. The molecule has 1 saturated heterocycles. The molecule has 1 aromatic carbocycles. The van der Waals surface area contributed by atoms with Gasteiger partial charge in [-0.3, -0.25) is 14.6 Å². The normalized spacial score (nSPS) is 17.9. The van der Waals surface area contributed by atoms with E-state index >= 15 is 0 Å². The van der Waals surface area contributed by atoms with E-state index in [1.54, 1.807) is 6.08 Å². The molecule has 0 aliphatic carbocycles. The number of nitrogens with zero attached hydrogens (tertiary/aromatic N) is 2. The van der Waals surface area contributed by atoms with Gasteiger partial charge in [0.1, 0.15) is 0 Å². The third-order valence-corrected chi connectivity index (χ3v) is 4.41. The van der Waals surface area contributed by atoms with E-state index in [4.69, 9.17) is 0 Å². The summed E-state index contributed by atoms with van der Waals surface area (Å²) in [4.78, 5) is 16.7. The fourth-order valence-corrected chi connectivity index (χ4v) is 2.82. The van der Waals surface area contributed by atoms with Crippen molar-refractivity contribution < 1.29 is 4.79 Å². The SMILES string of the molecule is C=CCNC(=O)C(C)N1CCN(Cc2ccccc2C)CC1. The van der Waals surface area contributed by atoms with E-state index in [1.807, 2.05) is 6.92 Å². The number of piperazine rings is 1. The number of rotatable bonds is 6. The Morgan fingerprint density at radius 1 is 1.32 bits per heavy atom. The molecule has 0 bridgehead atoms. The van der Waals surface area contributed by atoms with E-state index in [2.05, 4.69) is 52.9 Å². The predicted molar refractivity (Wildman–Crippen MR) is 90.7 cm³/mol. The molecule has 1 aliphatic heterocycles. The van der Waals surface area contributed by atoms with Crippen LogP contribution >= 0.6 is 0 Å². The first kappa shape index (κ1) is 16.7. The Balaban J connectivity index is 1.81. The van der Waals surface area contributed by atoms with Crippen molar-refractivity contribution in [3.05, 3.63) is 48.0 Å². The number of carbonyl (C=O) groups is 1. The minimum atomic E-state index is -0.0689. The Morgan fingerprint density at radius 2 is 2.00 bits per heavy atom. The number of hydrogen-bond donors (Lipinski definition) is 1. The molecule has 2 rings (SSSR count). The molecule has 1 heterocycles. The molecule has 0 spiro atoms. The van der Waals surface area contributed by atoms with Crippen LogP contribution in [0.4, 0.5) is 0 Å². The third kappa shape index (κ3) is 4.42. The van der Waals surface area contributed by atoms with Crippen LogP contribution in [0.3, 0.4) is 0 Å². The molecule has 1 N–H and O–H groups in total. The van der Waals surface area contributed by atoms with Gasteiger partial charge in [0.15, 0.2) is 0 Å². The molecule has 0 radical (unpaired) electrons. The molecular formula is C18H27N3O. The second kappa shape index (κ2) is 8.11. The number of aryl methyl sites for hydroxylation is 1. The van der Waals surface area contributed by atoms with Gasteiger partial charge in [-0.1, -0.05) is 30.3 Å². The second-order valence-electron chi connectivity index (χ2n) is 5.95. The molecule has 1 aromatic rings. The van der Waals surface area contributed by atoms with E-state index in [9.17, 15) is 4.79 Å². The summed E-state index contributed by atoms with van der Waals surface area (Å²) in [6.45, 7) is 13.2. The standard InChI is InChI=1S/C18H27N3O/c1-4-9-19-18(22)16(3)21-12-10-20(11-13-21)14-17-8-6-5-7-15(17)2/h4-8,16H,1,9-14H2,2-3H3,(H,19,22). The fourth-order valence-electron chi connectivity index (χ4n) is 2.82. The average molecular weight is 301 g/mol. The van der Waals surface area contributed by atoms with Crippen LogP contribution in [0.1, 0.15) is 18.1 Å². The number of carbonyl (C=O) groups excluding carboxylic acids is 1. The number of nitrogens with one attached hydrogen (secondary N) is 1. The summed E-state index contributed by atoms with van der Waals surface area (Å²) < 4.78 is 0. The molecule has 4 nitrogen and oxygen atoms in total. The van der Waals surface area contributed by atoms with Gasteiger partial charge >= 0.3 is 0 Å². The van der Waals surface area contributed by atoms with Gasteiger partial charge in [0, 0.05) is 39.3 Å². The lowest BCUT2D eigenvalue weighted by Gasteiger charge is -2.37. The number of amides is 1. The van der Waals surface area contributed by atoms with Crippen LogP contribution in [0.5, 0.6) is 0 Å². The largest absolute Gasteiger partial charge is 0.351 e. The smallest absolute Gasteiger partial charge is 0.237 e. The minimum absolute atomic E-state index is 0.0689. The topological polar surface area (TPSA) is 35.6 Å². The lowest BCUT2D eigenvalue weighted by Crippen LogP contribution is -2.53. The molecular weight excluding hydrogens is 274 g/mol. The van der Waals surface area contributed by atoms with Crippen molar-refractivity contribution in [1.82, 2.24) is 15.1 Å². The summed E-state index contributed by atoms with van der Waals surface area (Å²) in [7, 11) is 0. The van der Waals surface area contributed by atoms with Crippen molar-refractivity contribution >= 4 is 5.91 Å². The molecule has 1 aliphatic rings. The predicted octanol–water partition coefficient (Wildman–Crippen LogP) is 1.80. The highest BCUT2D eigenvalue weighted by molar-refractivity contribution is 5.81. The van der Waals surface area contributed by atoms with Crippen LogP contribution in [0.2, 0.25) is 0 Å². The van der Waals surface area contributed by atoms with Crippen LogP contribution in [0.25, 0.3) is 0 Å². The van der Waals surface area contributed by atoms with Crippen LogP contribution < -0.4 is 5.32 Å². The molecule has 1 fully saturated rings. The van der Waals surface area contributed by atoms with Gasteiger partial charge in [-0.05, 0) is 25.0 Å². The highest BCUT2D eigenvalue weighted by Gasteiger charge is 2.25. The Hall–Kier alpha value is -1.65. The van der Waals surface area contributed by atoms with Crippen LogP contribution in [0.15, 0.2) is 36.9 Å². The summed E-state index contributed by atoms with van der Waals surface area (Å²) in [5.74, 6) is 0.0900. The maximum Gasteiger partial charge on any atom is 0.237 e. The molecule has 22 heavy (non-hydrogen) atoms. The summed E-state index contributed by atoms with van der Waals surface area (Å²) in [5.41, 5.74) is 2.75. The Labute approximate surface area is 133 Å². The highest BCUT2D eigenvalue weighted by atomic mass is 16.2. The molecule has 1 atom stereocenters. The molecule has 120 valence electrons.